The number of benzene rings is 3. The number of anilines is 1. The third-order valence-corrected chi connectivity index (χ3v) is 8.70. The largest absolute Gasteiger partial charge is 0.488 e. The van der Waals surface area contributed by atoms with Crippen LogP contribution in [-0.4, -0.2) is 45.3 Å². The van der Waals surface area contributed by atoms with Gasteiger partial charge in [-0.05, 0) is 47.9 Å². The van der Waals surface area contributed by atoms with Crippen molar-refractivity contribution in [2.45, 2.75) is 33.4 Å². The predicted molar refractivity (Wildman–Crippen MR) is 170 cm³/mol. The molecule has 1 amide bonds. The molecule has 1 N–H and O–H groups in total. The van der Waals surface area contributed by atoms with E-state index in [-0.39, 0.29) is 53.3 Å². The lowest BCUT2D eigenvalue weighted by molar-refractivity contribution is -0.384. The number of pyridine rings is 1. The summed E-state index contributed by atoms with van der Waals surface area (Å²) >= 11 is 0. The number of rotatable bonds is 10. The fraction of sp³-hybridized carbons (Fsp3) is 0.257. The minimum atomic E-state index is -0.974. The quantitative estimate of drug-likeness (QED) is 0.0754. The summed E-state index contributed by atoms with van der Waals surface area (Å²) < 4.78 is 11.6. The third kappa shape index (κ3) is 5.55. The number of non-ortho nitro benzene ring substituents is 1. The second kappa shape index (κ2) is 12.4. The smallest absolute Gasteiger partial charge is 0.363 e. The van der Waals surface area contributed by atoms with Crippen LogP contribution in [0.2, 0.25) is 0 Å². The Morgan fingerprint density at radius 1 is 0.978 bits per heavy atom. The number of esters is 2. The fourth-order valence-electron chi connectivity index (χ4n) is 6.34. The SMILES string of the molecule is CC(C)[C@H]1C(=O)N2C(C(=O)OC(=O)c3ccc([N+](=O)[O-])cc3)=C(COc3cccc4c(NCc5ccncc5)cccc34)[C@H](C)[C@H]12. The van der Waals surface area contributed by atoms with Gasteiger partial charge in [0.25, 0.3) is 5.69 Å². The zero-order valence-electron chi connectivity index (χ0n) is 25.5. The van der Waals surface area contributed by atoms with E-state index in [1.165, 1.54) is 17.0 Å². The maximum Gasteiger partial charge on any atom is 0.363 e. The number of fused-ring (bicyclic) bond motifs is 2. The topological polar surface area (TPSA) is 141 Å². The highest BCUT2D eigenvalue weighted by Gasteiger charge is 2.59. The summed E-state index contributed by atoms with van der Waals surface area (Å²) in [7, 11) is 0. The molecule has 0 saturated carbocycles. The van der Waals surface area contributed by atoms with E-state index in [1.807, 2.05) is 69.3 Å². The number of amides is 1. The summed E-state index contributed by atoms with van der Waals surface area (Å²) in [6.07, 6.45) is 3.50. The number of nitrogens with one attached hydrogen (secondary N) is 1. The zero-order valence-corrected chi connectivity index (χ0v) is 25.5. The number of ether oxygens (including phenoxy) is 2. The Morgan fingerprint density at radius 3 is 2.37 bits per heavy atom. The normalized spacial score (nSPS) is 18.7. The van der Waals surface area contributed by atoms with Crippen LogP contribution in [0.1, 0.15) is 36.7 Å². The molecule has 3 aromatic carbocycles. The van der Waals surface area contributed by atoms with E-state index in [0.29, 0.717) is 17.9 Å². The number of nitrogens with zero attached hydrogens (tertiary/aromatic N) is 3. The minimum Gasteiger partial charge on any atom is -0.488 e. The molecule has 3 heterocycles. The van der Waals surface area contributed by atoms with Gasteiger partial charge in [0, 0.05) is 59.0 Å². The summed E-state index contributed by atoms with van der Waals surface area (Å²) in [5.41, 5.74) is 2.36. The molecule has 1 aromatic heterocycles. The first-order valence-corrected chi connectivity index (χ1v) is 15.0. The Bertz CT molecular complexity index is 1870. The average molecular weight is 621 g/mol. The second-order valence-corrected chi connectivity index (χ2v) is 11.8. The van der Waals surface area contributed by atoms with E-state index in [9.17, 15) is 24.5 Å². The lowest BCUT2D eigenvalue weighted by atomic mass is 9.74. The number of carbonyl (C=O) groups is 3. The molecule has 11 heteroatoms. The molecule has 1 fully saturated rings. The highest BCUT2D eigenvalue weighted by atomic mass is 16.6. The van der Waals surface area contributed by atoms with Gasteiger partial charge in [0.15, 0.2) is 0 Å². The molecule has 1 saturated heterocycles. The summed E-state index contributed by atoms with van der Waals surface area (Å²) in [6, 6.07) is 20.0. The molecular weight excluding hydrogens is 588 g/mol. The molecule has 0 aliphatic carbocycles. The molecule has 234 valence electrons. The number of hydrogen-bond acceptors (Lipinski definition) is 9. The van der Waals surface area contributed by atoms with Crippen molar-refractivity contribution < 1.29 is 28.8 Å². The van der Waals surface area contributed by atoms with Crippen molar-refractivity contribution in [3.05, 3.63) is 118 Å². The summed E-state index contributed by atoms with van der Waals surface area (Å²) in [4.78, 5) is 55.6. The molecule has 2 aliphatic rings. The molecule has 2 aliphatic heterocycles. The van der Waals surface area contributed by atoms with Crippen LogP contribution in [0, 0.1) is 27.9 Å². The van der Waals surface area contributed by atoms with Crippen molar-refractivity contribution in [1.82, 2.24) is 9.88 Å². The van der Waals surface area contributed by atoms with Gasteiger partial charge < -0.3 is 19.7 Å². The van der Waals surface area contributed by atoms with Crippen molar-refractivity contribution in [3.63, 3.8) is 0 Å². The number of hydrogen-bond donors (Lipinski definition) is 1. The van der Waals surface area contributed by atoms with Crippen LogP contribution in [0.3, 0.4) is 0 Å². The van der Waals surface area contributed by atoms with E-state index in [4.69, 9.17) is 9.47 Å². The highest BCUT2D eigenvalue weighted by Crippen LogP contribution is 2.49. The van der Waals surface area contributed by atoms with Gasteiger partial charge in [-0.25, -0.2) is 9.59 Å². The highest BCUT2D eigenvalue weighted by molar-refractivity contribution is 6.06. The standard InChI is InChI=1S/C35H32N4O7/c1-20(2)30-31-21(3)27(32(38(31)33(30)40)35(42)46-34(41)23-10-12-24(13-11-23)39(43)44)19-45-29-9-5-6-25-26(29)7-4-8-28(25)37-18-22-14-16-36-17-15-22/h4-17,20-21,30-31,37H,18-19H2,1-3H3/t21-,30+,31+/m0/s1. The van der Waals surface area contributed by atoms with Gasteiger partial charge in [-0.15, -0.1) is 0 Å². The zero-order chi connectivity index (χ0) is 32.5. The van der Waals surface area contributed by atoms with Crippen molar-refractivity contribution in [3.8, 4) is 5.75 Å². The van der Waals surface area contributed by atoms with Crippen molar-refractivity contribution in [1.29, 1.82) is 0 Å². The number of nitro benzene ring substituents is 1. The van der Waals surface area contributed by atoms with E-state index >= 15 is 0 Å². The molecule has 0 radical (unpaired) electrons. The summed E-state index contributed by atoms with van der Waals surface area (Å²) in [6.45, 7) is 6.49. The first-order valence-electron chi connectivity index (χ1n) is 15.0. The van der Waals surface area contributed by atoms with Gasteiger partial charge >= 0.3 is 11.9 Å². The van der Waals surface area contributed by atoms with Crippen molar-refractivity contribution in [2.75, 3.05) is 11.9 Å². The Kier molecular flexibility index (Phi) is 8.23. The fourth-order valence-corrected chi connectivity index (χ4v) is 6.34. The molecule has 6 rings (SSSR count). The van der Waals surface area contributed by atoms with Gasteiger partial charge in [-0.2, -0.15) is 0 Å². The molecule has 0 bridgehead atoms. The Hall–Kier alpha value is -5.58. The van der Waals surface area contributed by atoms with Crippen LogP contribution in [0.5, 0.6) is 5.75 Å². The van der Waals surface area contributed by atoms with Gasteiger partial charge in [0.1, 0.15) is 18.1 Å². The molecule has 11 nitrogen and oxygen atoms in total. The van der Waals surface area contributed by atoms with Crippen molar-refractivity contribution >= 4 is 40.0 Å². The van der Waals surface area contributed by atoms with Gasteiger partial charge in [0.05, 0.1) is 22.4 Å². The van der Waals surface area contributed by atoms with Crippen LogP contribution in [0.25, 0.3) is 10.8 Å². The van der Waals surface area contributed by atoms with Crippen LogP contribution in [0.15, 0.2) is 96.5 Å². The number of nitro groups is 1. The van der Waals surface area contributed by atoms with Gasteiger partial charge in [-0.3, -0.25) is 19.9 Å². The van der Waals surface area contributed by atoms with E-state index in [0.717, 1.165) is 34.2 Å². The molecule has 0 unspecified atom stereocenters. The maximum atomic E-state index is 13.6. The van der Waals surface area contributed by atoms with Crippen LogP contribution in [0.4, 0.5) is 11.4 Å². The molecular formula is C35H32N4O7. The average Bonchev–Trinajstić information content (AvgIpc) is 3.30. The maximum absolute atomic E-state index is 13.6. The Morgan fingerprint density at radius 2 is 1.67 bits per heavy atom. The Balaban J connectivity index is 1.27. The first kappa shape index (κ1) is 30.4. The molecule has 3 atom stereocenters. The minimum absolute atomic E-state index is 0.00377. The number of carbonyl (C=O) groups excluding carboxylic acids is 3. The van der Waals surface area contributed by atoms with E-state index in [1.54, 1.807) is 12.4 Å². The molecule has 46 heavy (non-hydrogen) atoms. The summed E-state index contributed by atoms with van der Waals surface area (Å²) in [5, 5.41) is 16.3. The Labute approximate surface area is 265 Å². The van der Waals surface area contributed by atoms with Crippen molar-refractivity contribution in [2.24, 2.45) is 17.8 Å². The molecule has 0 spiro atoms. The van der Waals surface area contributed by atoms with Crippen LogP contribution in [-0.2, 0) is 20.9 Å². The number of aromatic nitrogens is 1. The number of β-lactam (4-membered cyclic amide) rings is 1. The third-order valence-electron chi connectivity index (χ3n) is 8.70. The van der Waals surface area contributed by atoms with Gasteiger partial charge in [0.2, 0.25) is 5.91 Å². The lowest BCUT2D eigenvalue weighted by Gasteiger charge is -2.47. The lowest BCUT2D eigenvalue weighted by Crippen LogP contribution is -2.62. The van der Waals surface area contributed by atoms with Crippen LogP contribution >= 0.6 is 0 Å². The molecule has 4 aromatic rings. The van der Waals surface area contributed by atoms with Gasteiger partial charge in [-0.1, -0.05) is 45.0 Å². The van der Waals surface area contributed by atoms with E-state index in [2.05, 4.69) is 10.3 Å². The van der Waals surface area contributed by atoms with E-state index < -0.39 is 16.9 Å². The summed E-state index contributed by atoms with van der Waals surface area (Å²) in [5.74, 6) is -2.01. The van der Waals surface area contributed by atoms with Crippen LogP contribution < -0.4 is 10.1 Å². The first-order chi connectivity index (χ1) is 22.2. The second-order valence-electron chi connectivity index (χ2n) is 11.8. The monoisotopic (exact) mass is 620 g/mol. The predicted octanol–water partition coefficient (Wildman–Crippen LogP) is 5.90.